The lowest BCUT2D eigenvalue weighted by molar-refractivity contribution is -0.121. The van der Waals surface area contributed by atoms with Gasteiger partial charge in [0.2, 0.25) is 0 Å². The SMILES string of the molecule is O=C(Cn1c2c(c3ccccc31)CCCC2)N/N=C/c1ccc(F)s1. The van der Waals surface area contributed by atoms with E-state index in [2.05, 4.69) is 27.2 Å². The van der Waals surface area contributed by atoms with Crippen LogP contribution in [0.3, 0.4) is 0 Å². The van der Waals surface area contributed by atoms with Crippen LogP contribution in [0.4, 0.5) is 4.39 Å². The lowest BCUT2D eigenvalue weighted by Gasteiger charge is -2.15. The maximum atomic E-state index is 12.9. The zero-order valence-electron chi connectivity index (χ0n) is 13.7. The van der Waals surface area contributed by atoms with Gasteiger partial charge in [-0.05, 0) is 49.4 Å². The predicted octanol–water partition coefficient (Wildman–Crippen LogP) is 3.87. The molecule has 0 fully saturated rings. The third kappa shape index (κ3) is 3.22. The second-order valence-corrected chi connectivity index (χ2v) is 7.24. The average molecular weight is 355 g/mol. The Hall–Kier alpha value is -2.47. The van der Waals surface area contributed by atoms with Gasteiger partial charge in [-0.25, -0.2) is 5.43 Å². The third-order valence-electron chi connectivity index (χ3n) is 4.56. The van der Waals surface area contributed by atoms with Crippen LogP contribution in [0.25, 0.3) is 10.9 Å². The number of fused-ring (bicyclic) bond motifs is 3. The summed E-state index contributed by atoms with van der Waals surface area (Å²) in [4.78, 5) is 13.0. The first-order chi connectivity index (χ1) is 12.2. The highest BCUT2D eigenvalue weighted by atomic mass is 32.1. The average Bonchev–Trinajstić information content (AvgIpc) is 3.18. The van der Waals surface area contributed by atoms with Crippen LogP contribution in [0.5, 0.6) is 0 Å². The first kappa shape index (κ1) is 16.0. The maximum absolute atomic E-state index is 12.9. The molecule has 3 aromatic rings. The van der Waals surface area contributed by atoms with Crippen LogP contribution < -0.4 is 5.43 Å². The number of rotatable bonds is 4. The van der Waals surface area contributed by atoms with E-state index in [1.807, 2.05) is 12.1 Å². The van der Waals surface area contributed by atoms with E-state index in [1.54, 1.807) is 6.07 Å². The summed E-state index contributed by atoms with van der Waals surface area (Å²) >= 11 is 0.993. The monoisotopic (exact) mass is 355 g/mol. The van der Waals surface area contributed by atoms with Crippen LogP contribution in [-0.2, 0) is 24.2 Å². The molecule has 6 heteroatoms. The number of aromatic nitrogens is 1. The fourth-order valence-corrected chi connectivity index (χ4v) is 4.11. The van der Waals surface area contributed by atoms with Crippen molar-refractivity contribution in [2.75, 3.05) is 0 Å². The minimum Gasteiger partial charge on any atom is -0.335 e. The zero-order valence-corrected chi connectivity index (χ0v) is 14.5. The number of para-hydroxylation sites is 1. The molecule has 25 heavy (non-hydrogen) atoms. The van der Waals surface area contributed by atoms with E-state index in [9.17, 15) is 9.18 Å². The molecule has 1 N–H and O–H groups in total. The van der Waals surface area contributed by atoms with Crippen molar-refractivity contribution in [1.29, 1.82) is 0 Å². The lowest BCUT2D eigenvalue weighted by atomic mass is 9.96. The van der Waals surface area contributed by atoms with Gasteiger partial charge in [-0.1, -0.05) is 18.2 Å². The van der Waals surface area contributed by atoms with Gasteiger partial charge in [-0.15, -0.1) is 11.3 Å². The van der Waals surface area contributed by atoms with Gasteiger partial charge in [0.1, 0.15) is 6.54 Å². The molecular formula is C19H18FN3OS. The Morgan fingerprint density at radius 3 is 2.92 bits per heavy atom. The van der Waals surface area contributed by atoms with Gasteiger partial charge in [0.05, 0.1) is 11.1 Å². The molecule has 1 aliphatic rings. The molecule has 2 heterocycles. The van der Waals surface area contributed by atoms with Crippen molar-refractivity contribution < 1.29 is 9.18 Å². The van der Waals surface area contributed by atoms with Crippen LogP contribution in [0.15, 0.2) is 41.5 Å². The highest BCUT2D eigenvalue weighted by molar-refractivity contribution is 7.12. The van der Waals surface area contributed by atoms with Crippen molar-refractivity contribution in [1.82, 2.24) is 9.99 Å². The highest BCUT2D eigenvalue weighted by Crippen LogP contribution is 2.31. The number of amides is 1. The van der Waals surface area contributed by atoms with Crippen molar-refractivity contribution in [2.24, 2.45) is 5.10 Å². The van der Waals surface area contributed by atoms with Gasteiger partial charge in [0.15, 0.2) is 5.13 Å². The number of nitrogens with one attached hydrogen (secondary N) is 1. The summed E-state index contributed by atoms with van der Waals surface area (Å²) in [6.45, 7) is 0.242. The Morgan fingerprint density at radius 2 is 2.08 bits per heavy atom. The Kier molecular flexibility index (Phi) is 4.36. The molecule has 128 valence electrons. The molecule has 0 spiro atoms. The van der Waals surface area contributed by atoms with E-state index < -0.39 is 0 Å². The highest BCUT2D eigenvalue weighted by Gasteiger charge is 2.20. The Balaban J connectivity index is 1.54. The predicted molar refractivity (Wildman–Crippen MR) is 98.6 cm³/mol. The van der Waals surface area contributed by atoms with Crippen molar-refractivity contribution in [2.45, 2.75) is 32.2 Å². The van der Waals surface area contributed by atoms with E-state index in [1.165, 1.54) is 35.3 Å². The molecule has 0 atom stereocenters. The molecular weight excluding hydrogens is 337 g/mol. The zero-order chi connectivity index (χ0) is 17.2. The molecule has 4 rings (SSSR count). The number of thiophene rings is 1. The van der Waals surface area contributed by atoms with E-state index in [0.29, 0.717) is 4.88 Å². The first-order valence-corrected chi connectivity index (χ1v) is 9.20. The Bertz CT molecular complexity index is 957. The second kappa shape index (κ2) is 6.80. The second-order valence-electron chi connectivity index (χ2n) is 6.17. The standard InChI is InChI=1S/C19H18FN3OS/c20-18-10-9-13(25-18)11-21-22-19(24)12-23-16-7-3-1-5-14(16)15-6-2-4-8-17(15)23/h1,3,5,7,9-11H,2,4,6,8,12H2,(H,22,24)/b21-11+. The summed E-state index contributed by atoms with van der Waals surface area (Å²) < 4.78 is 15.1. The maximum Gasteiger partial charge on any atom is 0.259 e. The molecule has 0 unspecified atom stereocenters. The molecule has 4 nitrogen and oxygen atoms in total. The number of hydrogen-bond donors (Lipinski definition) is 1. The smallest absolute Gasteiger partial charge is 0.259 e. The van der Waals surface area contributed by atoms with E-state index in [4.69, 9.17) is 0 Å². The topological polar surface area (TPSA) is 46.4 Å². The van der Waals surface area contributed by atoms with Crippen LogP contribution in [0.1, 0.15) is 29.0 Å². The summed E-state index contributed by atoms with van der Waals surface area (Å²) in [6, 6.07) is 11.3. The number of carbonyl (C=O) groups is 1. The van der Waals surface area contributed by atoms with Crippen molar-refractivity contribution in [3.63, 3.8) is 0 Å². The lowest BCUT2D eigenvalue weighted by Crippen LogP contribution is -2.24. The third-order valence-corrected chi connectivity index (χ3v) is 5.37. The quantitative estimate of drug-likeness (QED) is 0.560. The summed E-state index contributed by atoms with van der Waals surface area (Å²) in [6.07, 6.45) is 5.92. The van der Waals surface area contributed by atoms with Gasteiger partial charge >= 0.3 is 0 Å². The van der Waals surface area contributed by atoms with Crippen molar-refractivity contribution in [3.8, 4) is 0 Å². The van der Waals surface area contributed by atoms with Crippen molar-refractivity contribution >= 4 is 34.4 Å². The minimum absolute atomic E-state index is 0.178. The molecule has 2 aromatic heterocycles. The summed E-state index contributed by atoms with van der Waals surface area (Å²) in [7, 11) is 0. The van der Waals surface area contributed by atoms with Gasteiger partial charge in [-0.2, -0.15) is 9.49 Å². The first-order valence-electron chi connectivity index (χ1n) is 8.38. The minimum atomic E-state index is -0.266. The molecule has 0 saturated heterocycles. The molecule has 0 radical (unpaired) electrons. The van der Waals surface area contributed by atoms with Gasteiger partial charge in [0.25, 0.3) is 5.91 Å². The molecule has 1 aromatic carbocycles. The normalized spacial score (nSPS) is 14.1. The van der Waals surface area contributed by atoms with Gasteiger partial charge in [-0.3, -0.25) is 4.79 Å². The number of aryl methyl sites for hydroxylation is 1. The number of halogens is 1. The van der Waals surface area contributed by atoms with Gasteiger partial charge < -0.3 is 4.57 Å². The molecule has 0 saturated carbocycles. The molecule has 1 aliphatic carbocycles. The van der Waals surface area contributed by atoms with Crippen LogP contribution in [0, 0.1) is 5.13 Å². The van der Waals surface area contributed by atoms with Crippen molar-refractivity contribution in [3.05, 3.63) is 57.7 Å². The van der Waals surface area contributed by atoms with Crippen LogP contribution in [0.2, 0.25) is 0 Å². The number of benzene rings is 1. The molecule has 1 amide bonds. The Labute approximate surface area is 149 Å². The van der Waals surface area contributed by atoms with E-state index in [0.717, 1.165) is 36.1 Å². The number of nitrogens with zero attached hydrogens (tertiary/aromatic N) is 2. The fraction of sp³-hybridized carbons (Fsp3) is 0.263. The Morgan fingerprint density at radius 1 is 1.24 bits per heavy atom. The summed E-state index contributed by atoms with van der Waals surface area (Å²) in [5.41, 5.74) is 6.30. The number of carbonyl (C=O) groups excluding carboxylic acids is 1. The van der Waals surface area contributed by atoms with E-state index in [-0.39, 0.29) is 17.6 Å². The fourth-order valence-electron chi connectivity index (χ4n) is 3.51. The summed E-state index contributed by atoms with van der Waals surface area (Å²) in [5, 5.41) is 4.92. The number of hydrazone groups is 1. The van der Waals surface area contributed by atoms with E-state index >= 15 is 0 Å². The van der Waals surface area contributed by atoms with Crippen LogP contribution >= 0.6 is 11.3 Å². The largest absolute Gasteiger partial charge is 0.335 e. The molecule has 0 aliphatic heterocycles. The number of hydrogen-bond acceptors (Lipinski definition) is 3. The van der Waals surface area contributed by atoms with Gasteiger partial charge in [0, 0.05) is 16.6 Å². The summed E-state index contributed by atoms with van der Waals surface area (Å²) in [5.74, 6) is -0.178. The molecule has 0 bridgehead atoms. The van der Waals surface area contributed by atoms with Crippen LogP contribution in [-0.4, -0.2) is 16.7 Å².